The molecule has 0 fully saturated rings. The summed E-state index contributed by atoms with van der Waals surface area (Å²) in [6.45, 7) is 0. The van der Waals surface area contributed by atoms with Gasteiger partial charge in [0.15, 0.2) is 5.78 Å². The Kier molecular flexibility index (Phi) is 3.10. The summed E-state index contributed by atoms with van der Waals surface area (Å²) < 4.78 is 4.96. The largest absolute Gasteiger partial charge is 0.497 e. The summed E-state index contributed by atoms with van der Waals surface area (Å²) in [5.41, 5.74) is 0.624. The molecule has 1 aromatic rings. The number of benzene rings is 1. The van der Waals surface area contributed by atoms with E-state index >= 15 is 0 Å². The molecule has 2 heteroatoms. The Morgan fingerprint density at radius 3 is 2.54 bits per heavy atom. The van der Waals surface area contributed by atoms with Crippen molar-refractivity contribution in [2.45, 2.75) is 6.42 Å². The number of methoxy groups -OCH3 is 1. The molecule has 2 nitrogen and oxygen atoms in total. The van der Waals surface area contributed by atoms with Crippen molar-refractivity contribution in [3.05, 3.63) is 29.8 Å². The van der Waals surface area contributed by atoms with E-state index in [0.29, 0.717) is 5.56 Å². The smallest absolute Gasteiger partial charge is 0.174 e. The highest BCUT2D eigenvalue weighted by atomic mass is 16.5. The average molecular weight is 174 g/mol. The second kappa shape index (κ2) is 4.32. The van der Waals surface area contributed by atoms with Crippen LogP contribution in [-0.2, 0) is 0 Å². The molecule has 1 rings (SSSR count). The second-order valence-electron chi connectivity index (χ2n) is 2.53. The first-order valence-electron chi connectivity index (χ1n) is 3.88. The van der Waals surface area contributed by atoms with Gasteiger partial charge in [-0.25, -0.2) is 0 Å². The Labute approximate surface area is 77.5 Å². The second-order valence-corrected chi connectivity index (χ2v) is 2.53. The fraction of sp³-hybridized carbons (Fsp3) is 0.182. The van der Waals surface area contributed by atoms with E-state index in [4.69, 9.17) is 11.2 Å². The summed E-state index contributed by atoms with van der Waals surface area (Å²) in [5.74, 6) is 3.01. The summed E-state index contributed by atoms with van der Waals surface area (Å²) in [7, 11) is 1.58. The molecule has 0 unspecified atom stereocenters. The van der Waals surface area contributed by atoms with Gasteiger partial charge < -0.3 is 4.74 Å². The number of rotatable bonds is 3. The molecule has 0 aliphatic carbocycles. The Bertz CT molecular complexity index is 330. The van der Waals surface area contributed by atoms with Crippen LogP contribution < -0.4 is 4.74 Å². The normalized spacial score (nSPS) is 8.92. The molecule has 0 atom stereocenters. The first-order valence-corrected chi connectivity index (χ1v) is 3.88. The Morgan fingerprint density at radius 1 is 1.46 bits per heavy atom. The van der Waals surface area contributed by atoms with Crippen LogP contribution in [-0.4, -0.2) is 12.9 Å². The van der Waals surface area contributed by atoms with Gasteiger partial charge in [-0.3, -0.25) is 4.79 Å². The summed E-state index contributed by atoms with van der Waals surface area (Å²) in [6.07, 6.45) is 5.17. The molecule has 0 heterocycles. The van der Waals surface area contributed by atoms with Gasteiger partial charge in [0.05, 0.1) is 13.5 Å². The maximum absolute atomic E-state index is 11.3. The summed E-state index contributed by atoms with van der Waals surface area (Å²) in [6, 6.07) is 6.89. The van der Waals surface area contributed by atoms with Gasteiger partial charge in [-0.15, -0.1) is 6.42 Å². The first kappa shape index (κ1) is 9.34. The molecular weight excluding hydrogens is 164 g/mol. The molecule has 1 aromatic carbocycles. The predicted molar refractivity (Wildman–Crippen MR) is 50.8 cm³/mol. The van der Waals surface area contributed by atoms with E-state index in [2.05, 4.69) is 5.92 Å². The molecule has 0 bridgehead atoms. The Hall–Kier alpha value is -1.75. The van der Waals surface area contributed by atoms with Gasteiger partial charge in [0.1, 0.15) is 5.75 Å². The fourth-order valence-corrected chi connectivity index (χ4v) is 0.972. The van der Waals surface area contributed by atoms with Crippen LogP contribution in [0.25, 0.3) is 0 Å². The molecule has 0 spiro atoms. The van der Waals surface area contributed by atoms with Crippen molar-refractivity contribution >= 4 is 5.78 Å². The van der Waals surface area contributed by atoms with E-state index in [1.54, 1.807) is 31.4 Å². The van der Waals surface area contributed by atoms with Crippen LogP contribution in [0, 0.1) is 12.3 Å². The highest BCUT2D eigenvalue weighted by Gasteiger charge is 2.02. The maximum atomic E-state index is 11.3. The third-order valence-electron chi connectivity index (χ3n) is 1.67. The van der Waals surface area contributed by atoms with Crippen molar-refractivity contribution in [1.29, 1.82) is 0 Å². The molecule has 0 amide bonds. The van der Waals surface area contributed by atoms with E-state index in [-0.39, 0.29) is 12.2 Å². The number of Topliss-reactive ketones (excluding diaryl/α,β-unsaturated/α-hetero) is 1. The van der Waals surface area contributed by atoms with Gasteiger partial charge in [-0.2, -0.15) is 0 Å². The third kappa shape index (κ3) is 2.34. The molecule has 0 saturated carbocycles. The van der Waals surface area contributed by atoms with E-state index in [1.807, 2.05) is 0 Å². The third-order valence-corrected chi connectivity index (χ3v) is 1.67. The van der Waals surface area contributed by atoms with Gasteiger partial charge in [-0.1, -0.05) is 5.92 Å². The molecular formula is C11H10O2. The molecule has 0 N–H and O–H groups in total. The van der Waals surface area contributed by atoms with Gasteiger partial charge in [0, 0.05) is 5.56 Å². The van der Waals surface area contributed by atoms with Gasteiger partial charge in [0.2, 0.25) is 0 Å². The molecule has 0 aliphatic heterocycles. The van der Waals surface area contributed by atoms with Crippen LogP contribution in [0.4, 0.5) is 0 Å². The van der Waals surface area contributed by atoms with Crippen LogP contribution in [0.3, 0.4) is 0 Å². The van der Waals surface area contributed by atoms with Crippen LogP contribution in [0.2, 0.25) is 0 Å². The number of hydrogen-bond donors (Lipinski definition) is 0. The zero-order valence-corrected chi connectivity index (χ0v) is 7.41. The molecule has 0 radical (unpaired) electrons. The van der Waals surface area contributed by atoms with E-state index < -0.39 is 0 Å². The lowest BCUT2D eigenvalue weighted by Crippen LogP contribution is -1.96. The lowest BCUT2D eigenvalue weighted by atomic mass is 10.1. The van der Waals surface area contributed by atoms with Crippen molar-refractivity contribution in [2.24, 2.45) is 0 Å². The van der Waals surface area contributed by atoms with Crippen LogP contribution in [0.1, 0.15) is 16.8 Å². The van der Waals surface area contributed by atoms with Gasteiger partial charge >= 0.3 is 0 Å². The Balaban J connectivity index is 2.81. The summed E-state index contributed by atoms with van der Waals surface area (Å²) in [4.78, 5) is 11.3. The number of ketones is 1. The zero-order valence-electron chi connectivity index (χ0n) is 7.41. The SMILES string of the molecule is C#CCC(=O)c1ccc(OC)cc1. The van der Waals surface area contributed by atoms with Crippen LogP contribution in [0.15, 0.2) is 24.3 Å². The minimum absolute atomic E-state index is 0.0369. The zero-order chi connectivity index (χ0) is 9.68. The van der Waals surface area contributed by atoms with Crippen molar-refractivity contribution in [3.8, 4) is 18.1 Å². The molecule has 66 valence electrons. The Morgan fingerprint density at radius 2 is 2.08 bits per heavy atom. The van der Waals surface area contributed by atoms with Crippen molar-refractivity contribution < 1.29 is 9.53 Å². The summed E-state index contributed by atoms with van der Waals surface area (Å²) >= 11 is 0. The lowest BCUT2D eigenvalue weighted by molar-refractivity contribution is 0.0998. The van der Waals surface area contributed by atoms with Crippen molar-refractivity contribution in [3.63, 3.8) is 0 Å². The minimum Gasteiger partial charge on any atom is -0.497 e. The van der Waals surface area contributed by atoms with Gasteiger partial charge in [-0.05, 0) is 24.3 Å². The number of ether oxygens (including phenoxy) is 1. The van der Waals surface area contributed by atoms with Crippen LogP contribution >= 0.6 is 0 Å². The predicted octanol–water partition coefficient (Wildman–Crippen LogP) is 1.90. The summed E-state index contributed by atoms with van der Waals surface area (Å²) in [5, 5.41) is 0. The molecule has 13 heavy (non-hydrogen) atoms. The van der Waals surface area contributed by atoms with E-state index in [0.717, 1.165) is 5.75 Å². The van der Waals surface area contributed by atoms with Crippen LogP contribution in [0.5, 0.6) is 5.75 Å². The topological polar surface area (TPSA) is 26.3 Å². The monoisotopic (exact) mass is 174 g/mol. The van der Waals surface area contributed by atoms with E-state index in [9.17, 15) is 4.79 Å². The van der Waals surface area contributed by atoms with E-state index in [1.165, 1.54) is 0 Å². The fourth-order valence-electron chi connectivity index (χ4n) is 0.972. The van der Waals surface area contributed by atoms with Crippen molar-refractivity contribution in [1.82, 2.24) is 0 Å². The number of carbonyl (C=O) groups excluding carboxylic acids is 1. The number of terminal acetylenes is 1. The quantitative estimate of drug-likeness (QED) is 0.516. The first-order chi connectivity index (χ1) is 6.27. The van der Waals surface area contributed by atoms with Crippen molar-refractivity contribution in [2.75, 3.05) is 7.11 Å². The standard InChI is InChI=1S/C11H10O2/c1-3-4-11(12)9-5-7-10(13-2)8-6-9/h1,5-8H,4H2,2H3. The maximum Gasteiger partial charge on any atom is 0.174 e. The molecule has 0 aliphatic rings. The molecule has 0 saturated heterocycles. The number of hydrogen-bond acceptors (Lipinski definition) is 2. The minimum atomic E-state index is -0.0369. The highest BCUT2D eigenvalue weighted by molar-refractivity contribution is 5.97. The van der Waals surface area contributed by atoms with Gasteiger partial charge in [0.25, 0.3) is 0 Å². The lowest BCUT2D eigenvalue weighted by Gasteiger charge is -2.00. The molecule has 0 aromatic heterocycles. The number of carbonyl (C=O) groups is 1. The highest BCUT2D eigenvalue weighted by Crippen LogP contribution is 2.12. The average Bonchev–Trinajstić information content (AvgIpc) is 2.18.